The van der Waals surface area contributed by atoms with Crippen molar-refractivity contribution in [1.82, 2.24) is 20.0 Å². The molecule has 1 saturated heterocycles. The van der Waals surface area contributed by atoms with Gasteiger partial charge < -0.3 is 14.5 Å². The average Bonchev–Trinajstić information content (AvgIpc) is 3.13. The van der Waals surface area contributed by atoms with Gasteiger partial charge in [-0.15, -0.1) is 0 Å². The van der Waals surface area contributed by atoms with Crippen LogP contribution in [0.3, 0.4) is 0 Å². The van der Waals surface area contributed by atoms with Crippen LogP contribution in [0.25, 0.3) is 22.4 Å². The predicted octanol–water partition coefficient (Wildman–Crippen LogP) is 2.92. The third kappa shape index (κ3) is 4.06. The topological polar surface area (TPSA) is 126 Å². The first-order valence-electron chi connectivity index (χ1n) is 8.88. The van der Waals surface area contributed by atoms with Gasteiger partial charge in [-0.25, -0.2) is 23.2 Å². The lowest BCUT2D eigenvalue weighted by molar-refractivity contribution is 0.136. The van der Waals surface area contributed by atoms with Crippen LogP contribution in [0.1, 0.15) is 12.8 Å². The van der Waals surface area contributed by atoms with Gasteiger partial charge >= 0.3 is 6.09 Å². The number of piperidine rings is 1. The maximum absolute atomic E-state index is 11.6. The zero-order valence-corrected chi connectivity index (χ0v) is 17.1. The molecule has 0 saturated carbocycles. The molecule has 11 heteroatoms. The number of amides is 1. The van der Waals surface area contributed by atoms with E-state index in [-0.39, 0.29) is 10.1 Å². The fourth-order valence-electron chi connectivity index (χ4n) is 3.20. The Morgan fingerprint density at radius 2 is 1.90 bits per heavy atom. The van der Waals surface area contributed by atoms with Crippen molar-refractivity contribution in [2.75, 3.05) is 19.3 Å². The molecule has 0 radical (unpaired) electrons. The van der Waals surface area contributed by atoms with Crippen molar-refractivity contribution in [2.45, 2.75) is 28.0 Å². The summed E-state index contributed by atoms with van der Waals surface area (Å²) in [6, 6.07) is 6.39. The normalized spacial score (nSPS) is 15.7. The van der Waals surface area contributed by atoms with Crippen LogP contribution in [0.5, 0.6) is 0 Å². The number of carbonyl (C=O) groups is 1. The van der Waals surface area contributed by atoms with E-state index in [0.717, 1.165) is 19.1 Å². The second-order valence-electron chi connectivity index (χ2n) is 6.77. The number of hydrogen-bond donors (Lipinski definition) is 1. The van der Waals surface area contributed by atoms with E-state index in [1.807, 2.05) is 0 Å². The summed E-state index contributed by atoms with van der Waals surface area (Å²) in [5, 5.41) is 14.1. The molecule has 1 aliphatic heterocycles. The highest BCUT2D eigenvalue weighted by molar-refractivity contribution is 8.00. The quantitative estimate of drug-likeness (QED) is 0.617. The summed E-state index contributed by atoms with van der Waals surface area (Å²) < 4.78 is 28.8. The summed E-state index contributed by atoms with van der Waals surface area (Å²) >= 11 is 1.54. The maximum atomic E-state index is 11.6. The highest BCUT2D eigenvalue weighted by atomic mass is 32.2. The largest absolute Gasteiger partial charge is 0.465 e. The second kappa shape index (κ2) is 7.64. The van der Waals surface area contributed by atoms with Gasteiger partial charge in [0.05, 0.1) is 4.90 Å². The molecule has 1 aromatic carbocycles. The van der Waals surface area contributed by atoms with Crippen LogP contribution in [0, 0.1) is 0 Å². The lowest BCUT2D eigenvalue weighted by Gasteiger charge is -2.29. The molecule has 0 bridgehead atoms. The SMILES string of the molecule is CS(=O)(=O)c1ccc(-c2noc3c(SC4CCN(C(=O)O)CC4)ncnc23)cc1. The summed E-state index contributed by atoms with van der Waals surface area (Å²) in [7, 11) is -3.28. The average molecular weight is 434 g/mol. The Morgan fingerprint density at radius 3 is 2.52 bits per heavy atom. The molecule has 3 heterocycles. The first-order valence-corrected chi connectivity index (χ1v) is 11.7. The first-order chi connectivity index (χ1) is 13.8. The monoisotopic (exact) mass is 434 g/mol. The number of rotatable bonds is 4. The number of nitrogens with zero attached hydrogens (tertiary/aromatic N) is 4. The smallest absolute Gasteiger partial charge is 0.407 e. The molecule has 2 aromatic heterocycles. The Kier molecular flexibility index (Phi) is 5.17. The highest BCUT2D eigenvalue weighted by Gasteiger charge is 2.25. The van der Waals surface area contributed by atoms with Gasteiger partial charge in [0, 0.05) is 30.2 Å². The van der Waals surface area contributed by atoms with E-state index >= 15 is 0 Å². The Hall–Kier alpha value is -2.66. The van der Waals surface area contributed by atoms with Gasteiger partial charge in [-0.2, -0.15) is 0 Å². The number of fused-ring (bicyclic) bond motifs is 1. The van der Waals surface area contributed by atoms with E-state index in [1.165, 1.54) is 35.1 Å². The van der Waals surface area contributed by atoms with Crippen LogP contribution in [0.15, 0.2) is 45.0 Å². The maximum Gasteiger partial charge on any atom is 0.407 e. The van der Waals surface area contributed by atoms with E-state index in [4.69, 9.17) is 9.63 Å². The van der Waals surface area contributed by atoms with E-state index in [1.54, 1.807) is 12.1 Å². The number of aromatic nitrogens is 3. The second-order valence-corrected chi connectivity index (χ2v) is 10.1. The molecular formula is C18H18N4O5S2. The lowest BCUT2D eigenvalue weighted by Crippen LogP contribution is -2.38. The van der Waals surface area contributed by atoms with Gasteiger partial charge in [0.1, 0.15) is 22.6 Å². The number of carboxylic acid groups (broad SMARTS) is 1. The summed E-state index contributed by atoms with van der Waals surface area (Å²) in [5.74, 6) is 0. The molecule has 152 valence electrons. The summed E-state index contributed by atoms with van der Waals surface area (Å²) in [4.78, 5) is 21.3. The van der Waals surface area contributed by atoms with Crippen LogP contribution in [-0.2, 0) is 9.84 Å². The minimum absolute atomic E-state index is 0.228. The van der Waals surface area contributed by atoms with Crippen molar-refractivity contribution in [1.29, 1.82) is 0 Å². The standard InChI is InChI=1S/C18H18N4O5S2/c1-29(25,26)13-4-2-11(3-5-13)14-15-16(27-21-14)17(20-10-19-15)28-12-6-8-22(9-7-12)18(23)24/h2-5,10,12H,6-9H2,1H3,(H,23,24). The number of thioether (sulfide) groups is 1. The molecule has 0 atom stereocenters. The van der Waals surface area contributed by atoms with Crippen LogP contribution < -0.4 is 0 Å². The number of likely N-dealkylation sites (tertiary alicyclic amines) is 1. The van der Waals surface area contributed by atoms with E-state index < -0.39 is 15.9 Å². The van der Waals surface area contributed by atoms with E-state index in [0.29, 0.717) is 40.5 Å². The van der Waals surface area contributed by atoms with Crippen molar-refractivity contribution < 1.29 is 22.8 Å². The first kappa shape index (κ1) is 19.6. The molecule has 9 nitrogen and oxygen atoms in total. The van der Waals surface area contributed by atoms with Gasteiger partial charge in [0.25, 0.3) is 0 Å². The summed E-state index contributed by atoms with van der Waals surface area (Å²) in [6.07, 6.45) is 3.18. The van der Waals surface area contributed by atoms with Crippen molar-refractivity contribution in [2.24, 2.45) is 0 Å². The zero-order chi connectivity index (χ0) is 20.6. The van der Waals surface area contributed by atoms with E-state index in [2.05, 4.69) is 15.1 Å². The van der Waals surface area contributed by atoms with Crippen molar-refractivity contribution in [3.63, 3.8) is 0 Å². The number of benzene rings is 1. The molecule has 1 amide bonds. The molecule has 3 aromatic rings. The van der Waals surface area contributed by atoms with Crippen molar-refractivity contribution >= 4 is 38.8 Å². The van der Waals surface area contributed by atoms with Crippen molar-refractivity contribution in [3.8, 4) is 11.3 Å². The Bertz CT molecular complexity index is 1150. The minimum Gasteiger partial charge on any atom is -0.465 e. The molecule has 0 unspecified atom stereocenters. The van der Waals surface area contributed by atoms with Crippen molar-refractivity contribution in [3.05, 3.63) is 30.6 Å². The van der Waals surface area contributed by atoms with Gasteiger partial charge in [-0.1, -0.05) is 29.1 Å². The van der Waals surface area contributed by atoms with Gasteiger partial charge in [-0.05, 0) is 25.0 Å². The Balaban J connectivity index is 1.58. The molecule has 1 aliphatic rings. The molecule has 0 spiro atoms. The third-order valence-corrected chi connectivity index (χ3v) is 7.22. The molecular weight excluding hydrogens is 416 g/mol. The lowest BCUT2D eigenvalue weighted by atomic mass is 10.1. The Morgan fingerprint density at radius 1 is 1.21 bits per heavy atom. The van der Waals surface area contributed by atoms with Gasteiger partial charge in [0.15, 0.2) is 9.84 Å². The zero-order valence-electron chi connectivity index (χ0n) is 15.5. The van der Waals surface area contributed by atoms with Crippen LogP contribution in [-0.4, -0.2) is 64.2 Å². The number of hydrogen-bond acceptors (Lipinski definition) is 8. The Labute approximate surface area is 171 Å². The van der Waals surface area contributed by atoms with Gasteiger partial charge in [-0.3, -0.25) is 0 Å². The summed E-state index contributed by atoms with van der Waals surface area (Å²) in [6.45, 7) is 0.991. The molecule has 4 rings (SSSR count). The molecule has 29 heavy (non-hydrogen) atoms. The van der Waals surface area contributed by atoms with Crippen LogP contribution in [0.2, 0.25) is 0 Å². The van der Waals surface area contributed by atoms with Crippen LogP contribution in [0.4, 0.5) is 4.79 Å². The third-order valence-electron chi connectivity index (χ3n) is 4.77. The summed E-state index contributed by atoms with van der Waals surface area (Å²) in [5.41, 5.74) is 2.24. The van der Waals surface area contributed by atoms with Crippen LogP contribution >= 0.6 is 11.8 Å². The van der Waals surface area contributed by atoms with Gasteiger partial charge in [0.2, 0.25) is 5.58 Å². The molecule has 1 N–H and O–H groups in total. The van der Waals surface area contributed by atoms with E-state index in [9.17, 15) is 13.2 Å². The minimum atomic E-state index is -3.28. The molecule has 1 fully saturated rings. The fourth-order valence-corrected chi connectivity index (χ4v) is 4.94. The fraction of sp³-hybridized carbons (Fsp3) is 0.333. The molecule has 0 aliphatic carbocycles. The highest BCUT2D eigenvalue weighted by Crippen LogP contribution is 2.36. The predicted molar refractivity (Wildman–Crippen MR) is 107 cm³/mol. The number of sulfone groups is 1.